The predicted molar refractivity (Wildman–Crippen MR) is 50.2 cm³/mol. The summed E-state index contributed by atoms with van der Waals surface area (Å²) >= 11 is 0. The van der Waals surface area contributed by atoms with Gasteiger partial charge in [0, 0.05) is 6.54 Å². The molecule has 0 aliphatic carbocycles. The minimum atomic E-state index is 0.611. The van der Waals surface area contributed by atoms with Crippen molar-refractivity contribution in [2.24, 2.45) is 0 Å². The number of nitrogens with one attached hydrogen (secondary N) is 1. The van der Waals surface area contributed by atoms with Crippen molar-refractivity contribution in [2.75, 3.05) is 6.54 Å². The molecule has 1 aromatic rings. The van der Waals surface area contributed by atoms with Gasteiger partial charge in [0.25, 0.3) is 0 Å². The van der Waals surface area contributed by atoms with Crippen molar-refractivity contribution in [3.63, 3.8) is 0 Å². The van der Waals surface area contributed by atoms with Gasteiger partial charge in [0.15, 0.2) is 5.82 Å². The van der Waals surface area contributed by atoms with E-state index >= 15 is 0 Å². The van der Waals surface area contributed by atoms with Crippen molar-refractivity contribution < 1.29 is 4.52 Å². The Labute approximate surface area is 78.0 Å². The lowest BCUT2D eigenvalue weighted by Gasteiger charge is -2.01. The number of hydrogen-bond acceptors (Lipinski definition) is 4. The predicted octanol–water partition coefficient (Wildman–Crippen LogP) is 1.43. The molecule has 1 N–H and O–H groups in total. The van der Waals surface area contributed by atoms with E-state index in [2.05, 4.69) is 29.0 Å². The van der Waals surface area contributed by atoms with E-state index < -0.39 is 0 Å². The molecule has 1 rings (SSSR count). The molecule has 0 bridgehead atoms. The Morgan fingerprint density at radius 1 is 1.62 bits per heavy atom. The number of nitrogens with zero attached hydrogens (tertiary/aromatic N) is 2. The molecule has 0 unspecified atom stereocenters. The van der Waals surface area contributed by atoms with Crippen LogP contribution in [0.4, 0.5) is 0 Å². The lowest BCUT2D eigenvalue weighted by molar-refractivity contribution is 0.366. The second-order valence-corrected chi connectivity index (χ2v) is 2.94. The Bertz CT molecular complexity index is 280. The highest BCUT2D eigenvalue weighted by atomic mass is 16.5. The highest BCUT2D eigenvalue weighted by Crippen LogP contribution is 1.97. The van der Waals surface area contributed by atoms with E-state index in [-0.39, 0.29) is 0 Å². The van der Waals surface area contributed by atoms with Gasteiger partial charge in [-0.15, -0.1) is 0 Å². The quantitative estimate of drug-likeness (QED) is 0.698. The van der Waals surface area contributed by atoms with E-state index in [4.69, 9.17) is 4.52 Å². The van der Waals surface area contributed by atoms with E-state index in [1.165, 1.54) is 5.57 Å². The maximum atomic E-state index is 4.93. The van der Waals surface area contributed by atoms with Crippen LogP contribution in [-0.4, -0.2) is 16.7 Å². The second-order valence-electron chi connectivity index (χ2n) is 2.94. The van der Waals surface area contributed by atoms with Gasteiger partial charge < -0.3 is 9.84 Å². The van der Waals surface area contributed by atoms with Crippen molar-refractivity contribution in [2.45, 2.75) is 26.8 Å². The van der Waals surface area contributed by atoms with Gasteiger partial charge in [0.1, 0.15) is 0 Å². The van der Waals surface area contributed by atoms with Gasteiger partial charge in [-0.1, -0.05) is 24.2 Å². The van der Waals surface area contributed by atoms with E-state index in [0.717, 1.165) is 13.0 Å². The molecule has 0 atom stereocenters. The molecule has 0 fully saturated rings. The number of hydrogen-bond donors (Lipinski definition) is 1. The van der Waals surface area contributed by atoms with Crippen LogP contribution < -0.4 is 5.32 Å². The molecule has 1 heterocycles. The fourth-order valence-electron chi connectivity index (χ4n) is 0.883. The third kappa shape index (κ3) is 3.38. The van der Waals surface area contributed by atoms with Crippen LogP contribution in [-0.2, 0) is 6.54 Å². The molecule has 13 heavy (non-hydrogen) atoms. The van der Waals surface area contributed by atoms with E-state index in [9.17, 15) is 0 Å². The van der Waals surface area contributed by atoms with Crippen LogP contribution >= 0.6 is 0 Å². The Balaban J connectivity index is 2.24. The highest BCUT2D eigenvalue weighted by Gasteiger charge is 2.00. The van der Waals surface area contributed by atoms with Crippen LogP contribution in [0.2, 0.25) is 0 Å². The summed E-state index contributed by atoms with van der Waals surface area (Å²) in [5, 5.41) is 6.86. The molecule has 0 spiro atoms. The normalized spacial score (nSPS) is 10.3. The summed E-state index contributed by atoms with van der Waals surface area (Å²) in [6, 6.07) is 0. The zero-order valence-corrected chi connectivity index (χ0v) is 8.13. The molecule has 1 aromatic heterocycles. The molecule has 4 heteroatoms. The summed E-state index contributed by atoms with van der Waals surface area (Å²) in [6.07, 6.45) is 0.996. The smallest absolute Gasteiger partial charge is 0.240 e. The zero-order valence-electron chi connectivity index (χ0n) is 8.13. The average Bonchev–Trinajstić information content (AvgIpc) is 2.51. The van der Waals surface area contributed by atoms with Crippen LogP contribution in [0.1, 0.15) is 25.1 Å². The zero-order chi connectivity index (χ0) is 9.68. The molecule has 4 nitrogen and oxygen atoms in total. The van der Waals surface area contributed by atoms with E-state index in [1.807, 2.05) is 0 Å². The summed E-state index contributed by atoms with van der Waals surface area (Å²) in [7, 11) is 0. The maximum Gasteiger partial charge on any atom is 0.240 e. The highest BCUT2D eigenvalue weighted by molar-refractivity contribution is 4.95. The Morgan fingerprint density at radius 2 is 2.38 bits per heavy atom. The van der Waals surface area contributed by atoms with Crippen LogP contribution in [0, 0.1) is 6.92 Å². The van der Waals surface area contributed by atoms with Gasteiger partial charge >= 0.3 is 0 Å². The monoisotopic (exact) mass is 181 g/mol. The molecule has 72 valence electrons. The molecule has 0 aliphatic rings. The van der Waals surface area contributed by atoms with Gasteiger partial charge in [-0.05, 0) is 13.3 Å². The lowest BCUT2D eigenvalue weighted by atomic mass is 10.2. The Hall–Kier alpha value is -1.16. The van der Waals surface area contributed by atoms with Gasteiger partial charge in [-0.3, -0.25) is 0 Å². The topological polar surface area (TPSA) is 51.0 Å². The molecular formula is C9H15N3O. The summed E-state index contributed by atoms with van der Waals surface area (Å²) in [4.78, 5) is 4.06. The van der Waals surface area contributed by atoms with Crippen molar-refractivity contribution in [1.82, 2.24) is 15.5 Å². The molecule has 0 amide bonds. The molecule has 0 saturated heterocycles. The van der Waals surface area contributed by atoms with Gasteiger partial charge in [-0.2, -0.15) is 4.98 Å². The number of aryl methyl sites for hydroxylation is 1. The molecule has 0 saturated carbocycles. The Morgan fingerprint density at radius 3 is 2.92 bits per heavy atom. The van der Waals surface area contributed by atoms with Gasteiger partial charge in [-0.25, -0.2) is 0 Å². The third-order valence-corrected chi connectivity index (χ3v) is 1.72. The fourth-order valence-corrected chi connectivity index (χ4v) is 0.883. The third-order valence-electron chi connectivity index (χ3n) is 1.72. The minimum absolute atomic E-state index is 0.611. The molecule has 0 aromatic carbocycles. The average molecular weight is 181 g/mol. The van der Waals surface area contributed by atoms with Crippen LogP contribution in [0.5, 0.6) is 0 Å². The number of aromatic nitrogens is 2. The minimum Gasteiger partial charge on any atom is -0.338 e. The summed E-state index contributed by atoms with van der Waals surface area (Å²) < 4.78 is 4.93. The van der Waals surface area contributed by atoms with Crippen molar-refractivity contribution >= 4 is 0 Å². The second kappa shape index (κ2) is 4.77. The standard InChI is InChI=1S/C9H15N3O/c1-4-7(2)5-10-6-9-11-8(3)12-13-9/h10H,2,4-6H2,1,3H3. The fraction of sp³-hybridized carbons (Fsp3) is 0.556. The largest absolute Gasteiger partial charge is 0.338 e. The SMILES string of the molecule is C=C(CC)CNCc1nc(C)no1. The van der Waals surface area contributed by atoms with Crippen molar-refractivity contribution in [1.29, 1.82) is 0 Å². The van der Waals surface area contributed by atoms with Gasteiger partial charge in [0.05, 0.1) is 6.54 Å². The maximum absolute atomic E-state index is 4.93. The van der Waals surface area contributed by atoms with Crippen molar-refractivity contribution in [3.05, 3.63) is 23.9 Å². The van der Waals surface area contributed by atoms with Crippen LogP contribution in [0.15, 0.2) is 16.7 Å². The summed E-state index contributed by atoms with van der Waals surface area (Å²) in [6.45, 7) is 9.18. The van der Waals surface area contributed by atoms with Gasteiger partial charge in [0.2, 0.25) is 5.89 Å². The first kappa shape index (κ1) is 9.92. The summed E-state index contributed by atoms with van der Waals surface area (Å²) in [5.74, 6) is 1.30. The molecule has 0 aliphatic heterocycles. The first-order valence-corrected chi connectivity index (χ1v) is 4.39. The van der Waals surface area contributed by atoms with Crippen LogP contribution in [0.25, 0.3) is 0 Å². The van der Waals surface area contributed by atoms with Crippen molar-refractivity contribution in [3.8, 4) is 0 Å². The molecular weight excluding hydrogens is 166 g/mol. The number of rotatable bonds is 5. The van der Waals surface area contributed by atoms with Crippen LogP contribution in [0.3, 0.4) is 0 Å². The molecule has 0 radical (unpaired) electrons. The first-order valence-electron chi connectivity index (χ1n) is 4.39. The Kier molecular flexibility index (Phi) is 3.64. The van der Waals surface area contributed by atoms with E-state index in [0.29, 0.717) is 18.3 Å². The summed E-state index contributed by atoms with van der Waals surface area (Å²) in [5.41, 5.74) is 1.18. The lowest BCUT2D eigenvalue weighted by Crippen LogP contribution is -2.16. The van der Waals surface area contributed by atoms with E-state index in [1.54, 1.807) is 6.92 Å². The first-order chi connectivity index (χ1) is 6.22.